The van der Waals surface area contributed by atoms with Crippen molar-refractivity contribution in [1.82, 2.24) is 15.6 Å². The fourth-order valence-corrected chi connectivity index (χ4v) is 4.33. The van der Waals surface area contributed by atoms with Crippen molar-refractivity contribution in [2.75, 3.05) is 39.5 Å². The number of guanidine groups is 1. The summed E-state index contributed by atoms with van der Waals surface area (Å²) in [5.74, 6) is 2.94. The predicted molar refractivity (Wildman–Crippen MR) is 125 cm³/mol. The van der Waals surface area contributed by atoms with E-state index in [4.69, 9.17) is 13.9 Å². The van der Waals surface area contributed by atoms with Gasteiger partial charge in [-0.05, 0) is 44.0 Å². The molecule has 8 heteroatoms. The van der Waals surface area contributed by atoms with Crippen molar-refractivity contribution in [1.29, 1.82) is 0 Å². The van der Waals surface area contributed by atoms with Gasteiger partial charge in [-0.1, -0.05) is 12.1 Å². The fraction of sp³-hybridized carbons (Fsp3) is 0.478. The molecule has 3 heterocycles. The molecule has 0 aliphatic carbocycles. The summed E-state index contributed by atoms with van der Waals surface area (Å²) < 4.78 is 18.3. The van der Waals surface area contributed by atoms with Gasteiger partial charge in [0.05, 0.1) is 23.4 Å². The summed E-state index contributed by atoms with van der Waals surface area (Å²) in [5.41, 5.74) is 0.998. The van der Waals surface area contributed by atoms with Crippen molar-refractivity contribution >= 4 is 27.5 Å². The molecule has 2 aromatic heterocycles. The van der Waals surface area contributed by atoms with E-state index in [2.05, 4.69) is 33.6 Å². The Labute approximate surface area is 186 Å². The normalized spacial score (nSPS) is 16.8. The molecule has 1 aliphatic heterocycles. The molecule has 0 radical (unpaired) electrons. The van der Waals surface area contributed by atoms with Gasteiger partial charge in [0.25, 0.3) is 0 Å². The molecule has 4 rings (SSSR count). The van der Waals surface area contributed by atoms with Crippen LogP contribution in [-0.4, -0.2) is 50.5 Å². The smallest absolute Gasteiger partial charge is 0.191 e. The van der Waals surface area contributed by atoms with Gasteiger partial charge in [-0.3, -0.25) is 0 Å². The van der Waals surface area contributed by atoms with E-state index in [0.29, 0.717) is 12.5 Å². The summed E-state index contributed by atoms with van der Waals surface area (Å²) in [6, 6.07) is 12.1. The van der Waals surface area contributed by atoms with Crippen molar-refractivity contribution in [2.45, 2.75) is 26.3 Å². The molecule has 7 nitrogen and oxygen atoms in total. The first-order chi connectivity index (χ1) is 15.3. The van der Waals surface area contributed by atoms with Crippen molar-refractivity contribution in [3.63, 3.8) is 0 Å². The standard InChI is InChI=1S/C23H30N4O3S/c1-2-24-23(25-11-5-12-28-15-17-10-13-29-16-17)26-14-18-8-9-20(30-18)22-27-19-6-3-4-7-21(19)31-22/h3-4,6-9,17H,2,5,10-16H2,1H3,(H2,24,25,26). The number of hydrogen-bond acceptors (Lipinski definition) is 6. The maximum absolute atomic E-state index is 5.99. The molecular formula is C23H30N4O3S. The minimum atomic E-state index is 0.471. The number of rotatable bonds is 10. The van der Waals surface area contributed by atoms with Crippen molar-refractivity contribution < 1.29 is 13.9 Å². The third kappa shape index (κ3) is 6.29. The van der Waals surface area contributed by atoms with E-state index >= 15 is 0 Å². The zero-order valence-corrected chi connectivity index (χ0v) is 18.7. The highest BCUT2D eigenvalue weighted by atomic mass is 32.1. The van der Waals surface area contributed by atoms with Gasteiger partial charge >= 0.3 is 0 Å². The highest BCUT2D eigenvalue weighted by Gasteiger charge is 2.15. The van der Waals surface area contributed by atoms with E-state index < -0.39 is 0 Å². The molecule has 0 amide bonds. The molecule has 0 bridgehead atoms. The monoisotopic (exact) mass is 442 g/mol. The summed E-state index contributed by atoms with van der Waals surface area (Å²) in [6.45, 7) is 7.39. The van der Waals surface area contributed by atoms with Crippen LogP contribution in [0.2, 0.25) is 0 Å². The van der Waals surface area contributed by atoms with Gasteiger partial charge in [0.15, 0.2) is 16.7 Å². The van der Waals surface area contributed by atoms with Crippen LogP contribution in [0.3, 0.4) is 0 Å². The summed E-state index contributed by atoms with van der Waals surface area (Å²) in [4.78, 5) is 9.30. The Balaban J connectivity index is 1.24. The number of nitrogens with one attached hydrogen (secondary N) is 2. The Morgan fingerprint density at radius 2 is 2.19 bits per heavy atom. The first kappa shape index (κ1) is 21.8. The second-order valence-electron chi connectivity index (χ2n) is 7.53. The largest absolute Gasteiger partial charge is 0.457 e. The van der Waals surface area contributed by atoms with Crippen molar-refractivity contribution in [3.8, 4) is 10.8 Å². The summed E-state index contributed by atoms with van der Waals surface area (Å²) >= 11 is 1.64. The summed E-state index contributed by atoms with van der Waals surface area (Å²) in [6.07, 6.45) is 2.05. The molecule has 0 spiro atoms. The Bertz CT molecular complexity index is 945. The summed E-state index contributed by atoms with van der Waals surface area (Å²) in [7, 11) is 0. The molecule has 3 aromatic rings. The maximum Gasteiger partial charge on any atom is 0.191 e. The van der Waals surface area contributed by atoms with Gasteiger partial charge in [-0.2, -0.15) is 0 Å². The van der Waals surface area contributed by atoms with E-state index in [1.54, 1.807) is 11.3 Å². The quantitative estimate of drug-likeness (QED) is 0.280. The maximum atomic E-state index is 5.99. The SMILES string of the molecule is CCNC(=NCc1ccc(-c2nc3ccccc3s2)o1)NCCCOCC1CCOC1. The minimum absolute atomic E-state index is 0.471. The van der Waals surface area contributed by atoms with Crippen LogP contribution in [0.5, 0.6) is 0 Å². The lowest BCUT2D eigenvalue weighted by Crippen LogP contribution is -2.38. The zero-order chi connectivity index (χ0) is 21.3. The van der Waals surface area contributed by atoms with Crippen LogP contribution in [0.25, 0.3) is 21.0 Å². The molecule has 2 N–H and O–H groups in total. The van der Waals surface area contributed by atoms with Gasteiger partial charge in [-0.15, -0.1) is 11.3 Å². The van der Waals surface area contributed by atoms with E-state index in [1.807, 2.05) is 30.3 Å². The Morgan fingerprint density at radius 1 is 1.26 bits per heavy atom. The van der Waals surface area contributed by atoms with Gasteiger partial charge in [0.2, 0.25) is 0 Å². The Morgan fingerprint density at radius 3 is 3.03 bits per heavy atom. The number of furan rings is 1. The van der Waals surface area contributed by atoms with Crippen LogP contribution >= 0.6 is 11.3 Å². The van der Waals surface area contributed by atoms with Crippen LogP contribution < -0.4 is 10.6 Å². The number of fused-ring (bicyclic) bond motifs is 1. The third-order valence-electron chi connectivity index (χ3n) is 5.04. The molecule has 1 aliphatic rings. The molecular weight excluding hydrogens is 412 g/mol. The average Bonchev–Trinajstić information content (AvgIpc) is 3.54. The molecule has 0 saturated carbocycles. The van der Waals surface area contributed by atoms with Crippen LogP contribution in [0.15, 0.2) is 45.8 Å². The van der Waals surface area contributed by atoms with Crippen LogP contribution in [-0.2, 0) is 16.0 Å². The molecule has 1 atom stereocenters. The number of aromatic nitrogens is 1. The number of hydrogen-bond donors (Lipinski definition) is 2. The van der Waals surface area contributed by atoms with Gasteiger partial charge in [-0.25, -0.2) is 9.98 Å². The highest BCUT2D eigenvalue weighted by molar-refractivity contribution is 7.21. The molecule has 31 heavy (non-hydrogen) atoms. The number of ether oxygens (including phenoxy) is 2. The first-order valence-electron chi connectivity index (χ1n) is 10.9. The van der Waals surface area contributed by atoms with Crippen LogP contribution in [0.4, 0.5) is 0 Å². The van der Waals surface area contributed by atoms with E-state index in [9.17, 15) is 0 Å². The first-order valence-corrected chi connectivity index (χ1v) is 11.8. The number of benzene rings is 1. The molecule has 1 unspecified atom stereocenters. The van der Waals surface area contributed by atoms with Crippen molar-refractivity contribution in [2.24, 2.45) is 10.9 Å². The topological polar surface area (TPSA) is 80.9 Å². The van der Waals surface area contributed by atoms with Crippen LogP contribution in [0.1, 0.15) is 25.5 Å². The van der Waals surface area contributed by atoms with Crippen LogP contribution in [0, 0.1) is 5.92 Å². The third-order valence-corrected chi connectivity index (χ3v) is 6.09. The minimum Gasteiger partial charge on any atom is -0.457 e. The van der Waals surface area contributed by atoms with Gasteiger partial charge in [0.1, 0.15) is 12.3 Å². The van der Waals surface area contributed by atoms with Gasteiger partial charge in [0, 0.05) is 32.2 Å². The number of aliphatic imine (C=N–C) groups is 1. The number of thiazole rings is 1. The second kappa shape index (κ2) is 11.3. The lowest BCUT2D eigenvalue weighted by molar-refractivity contribution is 0.0888. The highest BCUT2D eigenvalue weighted by Crippen LogP contribution is 2.31. The Hall–Kier alpha value is -2.42. The molecule has 1 fully saturated rings. The van der Waals surface area contributed by atoms with E-state index in [0.717, 1.165) is 85.1 Å². The lowest BCUT2D eigenvalue weighted by atomic mass is 10.1. The van der Waals surface area contributed by atoms with Gasteiger partial charge < -0.3 is 24.5 Å². The number of nitrogens with zero attached hydrogens (tertiary/aromatic N) is 2. The molecule has 1 saturated heterocycles. The lowest BCUT2D eigenvalue weighted by Gasteiger charge is -2.12. The second-order valence-corrected chi connectivity index (χ2v) is 8.56. The fourth-order valence-electron chi connectivity index (χ4n) is 3.40. The zero-order valence-electron chi connectivity index (χ0n) is 17.9. The average molecular weight is 443 g/mol. The number of para-hydroxylation sites is 1. The van der Waals surface area contributed by atoms with E-state index in [1.165, 1.54) is 0 Å². The van der Waals surface area contributed by atoms with Crippen molar-refractivity contribution in [3.05, 3.63) is 42.2 Å². The molecule has 166 valence electrons. The van der Waals surface area contributed by atoms with E-state index in [-0.39, 0.29) is 0 Å². The summed E-state index contributed by atoms with van der Waals surface area (Å²) in [5, 5.41) is 7.53. The Kier molecular flexibility index (Phi) is 7.93. The predicted octanol–water partition coefficient (Wildman–Crippen LogP) is 4.05. The molecule has 1 aromatic carbocycles.